The Balaban J connectivity index is 0.00000218. The summed E-state index contributed by atoms with van der Waals surface area (Å²) in [5, 5.41) is 11.3. The molecule has 156 valence electrons. The van der Waals surface area contributed by atoms with Crippen LogP contribution in [0.4, 0.5) is 0 Å². The second kappa shape index (κ2) is 7.57. The number of benzene rings is 2. The number of ether oxygens (including phenoxy) is 4. The third-order valence-electron chi connectivity index (χ3n) is 5.57. The van der Waals surface area contributed by atoms with Gasteiger partial charge in [-0.15, -0.1) is 0 Å². The zero-order chi connectivity index (χ0) is 20.1. The number of halogens is 1. The summed E-state index contributed by atoms with van der Waals surface area (Å²) in [7, 11) is 3.23. The molecule has 1 unspecified atom stereocenters. The van der Waals surface area contributed by atoms with Crippen molar-refractivity contribution in [3.63, 3.8) is 0 Å². The minimum absolute atomic E-state index is 0. The molecule has 1 aromatic heterocycles. The van der Waals surface area contributed by atoms with Crippen molar-refractivity contribution in [1.82, 2.24) is 0 Å². The second-order valence-corrected chi connectivity index (χ2v) is 7.22. The van der Waals surface area contributed by atoms with Gasteiger partial charge in [0.1, 0.15) is 17.9 Å². The third-order valence-corrected chi connectivity index (χ3v) is 5.57. The summed E-state index contributed by atoms with van der Waals surface area (Å²) in [5.41, 5.74) is 2.98. The van der Waals surface area contributed by atoms with Crippen LogP contribution in [0.15, 0.2) is 36.5 Å². The maximum Gasteiger partial charge on any atom is 0.310 e. The monoisotopic (exact) mass is 429 g/mol. The summed E-state index contributed by atoms with van der Waals surface area (Å²) in [6, 6.07) is 9.54. The maximum absolute atomic E-state index is 11.5. The Labute approximate surface area is 179 Å². The SMILES string of the molecule is COc1cc(OC)c2cc3[n+](cc2c1)C(CC(=O)O)Cc1cc2c(cc1-3)OCO2.[Cl-]. The number of hydrogen-bond acceptors (Lipinski definition) is 5. The molecule has 8 heteroatoms. The van der Waals surface area contributed by atoms with Crippen LogP contribution in [0.5, 0.6) is 23.0 Å². The number of nitrogens with zero attached hydrogens (tertiary/aromatic N) is 1. The fraction of sp³-hybridized carbons (Fsp3) is 0.273. The van der Waals surface area contributed by atoms with Crippen molar-refractivity contribution in [1.29, 1.82) is 0 Å². The molecule has 2 aliphatic heterocycles. The highest BCUT2D eigenvalue weighted by atomic mass is 35.5. The number of aliphatic carboxylic acids is 1. The van der Waals surface area contributed by atoms with Gasteiger partial charge in [0, 0.05) is 23.9 Å². The summed E-state index contributed by atoms with van der Waals surface area (Å²) in [5.74, 6) is 1.96. The largest absolute Gasteiger partial charge is 1.00 e. The number of aromatic nitrogens is 1. The molecule has 7 nitrogen and oxygen atoms in total. The zero-order valence-corrected chi connectivity index (χ0v) is 17.2. The molecule has 1 N–H and O–H groups in total. The lowest BCUT2D eigenvalue weighted by molar-refractivity contribution is -0.712. The smallest absolute Gasteiger partial charge is 0.310 e. The molecule has 0 amide bonds. The predicted octanol–water partition coefficient (Wildman–Crippen LogP) is 0.116. The van der Waals surface area contributed by atoms with Crippen LogP contribution in [-0.4, -0.2) is 32.1 Å². The van der Waals surface area contributed by atoms with Crippen LogP contribution in [0.2, 0.25) is 0 Å². The van der Waals surface area contributed by atoms with Crippen LogP contribution in [0, 0.1) is 0 Å². The van der Waals surface area contributed by atoms with Gasteiger partial charge in [0.05, 0.1) is 25.2 Å². The van der Waals surface area contributed by atoms with Gasteiger partial charge in [-0.05, 0) is 23.8 Å². The van der Waals surface area contributed by atoms with Gasteiger partial charge in [-0.2, -0.15) is 4.57 Å². The van der Waals surface area contributed by atoms with Gasteiger partial charge in [-0.1, -0.05) is 0 Å². The van der Waals surface area contributed by atoms with Gasteiger partial charge in [-0.25, -0.2) is 0 Å². The Morgan fingerprint density at radius 2 is 1.90 bits per heavy atom. The zero-order valence-electron chi connectivity index (χ0n) is 16.5. The molecule has 0 radical (unpaired) electrons. The highest BCUT2D eigenvalue weighted by Crippen LogP contribution is 2.42. The topological polar surface area (TPSA) is 78.1 Å². The van der Waals surface area contributed by atoms with E-state index >= 15 is 0 Å². The van der Waals surface area contributed by atoms with Gasteiger partial charge in [0.25, 0.3) is 0 Å². The van der Waals surface area contributed by atoms with Crippen molar-refractivity contribution in [2.24, 2.45) is 0 Å². The van der Waals surface area contributed by atoms with Crippen molar-refractivity contribution in [2.45, 2.75) is 18.9 Å². The molecule has 3 aromatic rings. The van der Waals surface area contributed by atoms with Crippen molar-refractivity contribution in [2.75, 3.05) is 21.0 Å². The summed E-state index contributed by atoms with van der Waals surface area (Å²) < 4.78 is 24.1. The van der Waals surface area contributed by atoms with E-state index in [2.05, 4.69) is 0 Å². The molecular formula is C22H20ClNO6. The van der Waals surface area contributed by atoms with Crippen LogP contribution < -0.4 is 35.9 Å². The Bertz CT molecular complexity index is 1160. The molecule has 0 saturated heterocycles. The highest BCUT2D eigenvalue weighted by Gasteiger charge is 2.36. The average molecular weight is 430 g/mol. The van der Waals surface area contributed by atoms with Crippen LogP contribution >= 0.6 is 0 Å². The number of carboxylic acid groups (broad SMARTS) is 1. The number of hydrogen-bond donors (Lipinski definition) is 1. The maximum atomic E-state index is 11.5. The standard InChI is InChI=1S/C22H19NO6.ClH/c1-26-15-4-13-10-23-14(6-22(24)25)3-12-5-20-21(29-11-28-20)9-16(12)18(23)8-17(13)19(7-15)27-2;/h4-5,7-10,14H,3,6,11H2,1-2H3;1H. The van der Waals surface area contributed by atoms with Gasteiger partial charge in [0.15, 0.2) is 23.7 Å². The predicted molar refractivity (Wildman–Crippen MR) is 104 cm³/mol. The minimum atomic E-state index is -0.832. The van der Waals surface area contributed by atoms with E-state index in [0.717, 1.165) is 27.6 Å². The molecule has 1 atom stereocenters. The number of methoxy groups -OCH3 is 2. The number of pyridine rings is 1. The fourth-order valence-corrected chi connectivity index (χ4v) is 4.24. The molecule has 0 aliphatic carbocycles. The molecule has 5 rings (SSSR count). The van der Waals surface area contributed by atoms with Crippen LogP contribution in [0.3, 0.4) is 0 Å². The molecule has 0 fully saturated rings. The summed E-state index contributed by atoms with van der Waals surface area (Å²) in [6.45, 7) is 0.197. The van der Waals surface area contributed by atoms with E-state index in [9.17, 15) is 9.90 Å². The van der Waals surface area contributed by atoms with Gasteiger partial charge < -0.3 is 36.5 Å². The van der Waals surface area contributed by atoms with Crippen LogP contribution in [0.1, 0.15) is 18.0 Å². The third kappa shape index (κ3) is 3.15. The van der Waals surface area contributed by atoms with E-state index in [4.69, 9.17) is 18.9 Å². The Hall–Kier alpha value is -3.19. The molecule has 0 spiro atoms. The van der Waals surface area contributed by atoms with Crippen molar-refractivity contribution in [3.8, 4) is 34.3 Å². The first kappa shape index (κ1) is 20.1. The molecule has 2 aromatic carbocycles. The van der Waals surface area contributed by atoms with E-state index in [-0.39, 0.29) is 31.7 Å². The van der Waals surface area contributed by atoms with Crippen LogP contribution in [0.25, 0.3) is 22.0 Å². The molecule has 0 saturated carbocycles. The minimum Gasteiger partial charge on any atom is -1.00 e. The fourth-order valence-electron chi connectivity index (χ4n) is 4.24. The van der Waals surface area contributed by atoms with E-state index in [1.54, 1.807) is 14.2 Å². The van der Waals surface area contributed by atoms with Crippen molar-refractivity contribution < 1.29 is 45.8 Å². The number of carbonyl (C=O) groups is 1. The van der Waals surface area contributed by atoms with Crippen molar-refractivity contribution >= 4 is 16.7 Å². The Kier molecular flexibility index (Phi) is 5.07. The summed E-state index contributed by atoms with van der Waals surface area (Å²) in [6.07, 6.45) is 2.61. The summed E-state index contributed by atoms with van der Waals surface area (Å²) >= 11 is 0. The first-order chi connectivity index (χ1) is 14.1. The van der Waals surface area contributed by atoms with Crippen molar-refractivity contribution in [3.05, 3.63) is 42.1 Å². The van der Waals surface area contributed by atoms with E-state index in [1.807, 2.05) is 41.1 Å². The van der Waals surface area contributed by atoms with Crippen LogP contribution in [-0.2, 0) is 11.2 Å². The molecular weight excluding hydrogens is 410 g/mol. The normalized spacial score (nSPS) is 15.7. The lowest BCUT2D eigenvalue weighted by Crippen LogP contribution is -3.00. The molecule has 3 heterocycles. The van der Waals surface area contributed by atoms with Gasteiger partial charge >= 0.3 is 5.97 Å². The molecule has 30 heavy (non-hydrogen) atoms. The van der Waals surface area contributed by atoms with E-state index in [0.29, 0.717) is 29.4 Å². The molecule has 2 aliphatic rings. The Morgan fingerprint density at radius 3 is 2.60 bits per heavy atom. The molecule has 0 bridgehead atoms. The van der Waals surface area contributed by atoms with Gasteiger partial charge in [-0.3, -0.25) is 4.79 Å². The van der Waals surface area contributed by atoms with Gasteiger partial charge in [0.2, 0.25) is 12.5 Å². The highest BCUT2D eigenvalue weighted by molar-refractivity contribution is 5.91. The first-order valence-electron chi connectivity index (χ1n) is 9.33. The number of fused-ring (bicyclic) bond motifs is 5. The lowest BCUT2D eigenvalue weighted by Gasteiger charge is -2.22. The first-order valence-corrected chi connectivity index (χ1v) is 9.33. The Morgan fingerprint density at radius 1 is 1.13 bits per heavy atom. The van der Waals surface area contributed by atoms with E-state index in [1.165, 1.54) is 0 Å². The quantitative estimate of drug-likeness (QED) is 0.593. The average Bonchev–Trinajstić information content (AvgIpc) is 3.17. The summed E-state index contributed by atoms with van der Waals surface area (Å²) in [4.78, 5) is 11.5. The number of rotatable bonds is 4. The van der Waals surface area contributed by atoms with E-state index < -0.39 is 5.97 Å². The lowest BCUT2D eigenvalue weighted by atomic mass is 9.90. The second-order valence-electron chi connectivity index (χ2n) is 7.22. The number of carboxylic acids is 1.